The fourth-order valence-electron chi connectivity index (χ4n) is 3.86. The molecule has 1 aromatic rings. The molecule has 1 atom stereocenters. The van der Waals surface area contributed by atoms with E-state index in [4.69, 9.17) is 4.74 Å². The van der Waals surface area contributed by atoms with Crippen LogP contribution in [0, 0.1) is 12.8 Å². The molecule has 26 heavy (non-hydrogen) atoms. The molecule has 0 radical (unpaired) electrons. The third kappa shape index (κ3) is 4.29. The van der Waals surface area contributed by atoms with Gasteiger partial charge in [0, 0.05) is 37.6 Å². The molecule has 0 aromatic heterocycles. The van der Waals surface area contributed by atoms with Crippen molar-refractivity contribution in [1.82, 2.24) is 4.90 Å². The van der Waals surface area contributed by atoms with E-state index < -0.39 is 0 Å². The van der Waals surface area contributed by atoms with Gasteiger partial charge in [0.15, 0.2) is 0 Å². The standard InChI is InChI=1S/C20H29N3O3/c1-3-26-20(25)23-12-6-7-16(14-23)19(24)21-17-8-9-18(15(2)13-17)22-10-4-5-11-22/h8-9,13,16H,3-7,10-12,14H2,1-2H3,(H,21,24). The summed E-state index contributed by atoms with van der Waals surface area (Å²) in [5.74, 6) is -0.209. The maximum absolute atomic E-state index is 12.6. The highest BCUT2D eigenvalue weighted by atomic mass is 16.6. The summed E-state index contributed by atoms with van der Waals surface area (Å²) in [6.07, 6.45) is 3.79. The van der Waals surface area contributed by atoms with Crippen molar-refractivity contribution in [3.8, 4) is 0 Å². The molecule has 6 nitrogen and oxygen atoms in total. The number of benzene rings is 1. The van der Waals surface area contributed by atoms with Crippen LogP contribution in [-0.4, -0.2) is 49.7 Å². The van der Waals surface area contributed by atoms with E-state index in [0.29, 0.717) is 19.7 Å². The fraction of sp³-hybridized carbons (Fsp3) is 0.600. The highest BCUT2D eigenvalue weighted by molar-refractivity contribution is 5.93. The van der Waals surface area contributed by atoms with Crippen LogP contribution in [0.5, 0.6) is 0 Å². The number of carbonyl (C=O) groups is 2. The summed E-state index contributed by atoms with van der Waals surface area (Å²) in [5.41, 5.74) is 3.26. The van der Waals surface area contributed by atoms with Gasteiger partial charge in [-0.3, -0.25) is 4.79 Å². The van der Waals surface area contributed by atoms with Crippen molar-refractivity contribution in [2.75, 3.05) is 43.0 Å². The van der Waals surface area contributed by atoms with Crippen LogP contribution < -0.4 is 10.2 Å². The second kappa shape index (κ2) is 8.43. The number of aryl methyl sites for hydroxylation is 1. The third-order valence-electron chi connectivity index (χ3n) is 5.23. The molecule has 3 rings (SSSR count). The number of ether oxygens (including phenoxy) is 1. The van der Waals surface area contributed by atoms with Crippen LogP contribution in [-0.2, 0) is 9.53 Å². The molecule has 2 heterocycles. The SMILES string of the molecule is CCOC(=O)N1CCCC(C(=O)Nc2ccc(N3CCCC3)c(C)c2)C1. The Balaban J connectivity index is 1.60. The summed E-state index contributed by atoms with van der Waals surface area (Å²) in [5, 5.41) is 3.03. The second-order valence-electron chi connectivity index (χ2n) is 7.17. The molecular weight excluding hydrogens is 330 g/mol. The normalized spacial score (nSPS) is 20.2. The number of carbonyl (C=O) groups excluding carboxylic acids is 2. The molecule has 2 saturated heterocycles. The zero-order valence-corrected chi connectivity index (χ0v) is 15.8. The van der Waals surface area contributed by atoms with Crippen LogP contribution in [0.3, 0.4) is 0 Å². The third-order valence-corrected chi connectivity index (χ3v) is 5.23. The Morgan fingerprint density at radius 3 is 2.65 bits per heavy atom. The van der Waals surface area contributed by atoms with E-state index in [9.17, 15) is 9.59 Å². The number of amides is 2. The smallest absolute Gasteiger partial charge is 0.409 e. The number of piperidine rings is 1. The van der Waals surface area contributed by atoms with E-state index in [0.717, 1.165) is 31.6 Å². The van der Waals surface area contributed by atoms with Gasteiger partial charge in [-0.05, 0) is 63.3 Å². The average molecular weight is 359 g/mol. The van der Waals surface area contributed by atoms with Gasteiger partial charge in [-0.15, -0.1) is 0 Å². The number of rotatable bonds is 4. The summed E-state index contributed by atoms with van der Waals surface area (Å²) in [6.45, 7) is 7.54. The number of nitrogens with zero attached hydrogens (tertiary/aromatic N) is 2. The molecule has 2 aliphatic rings. The van der Waals surface area contributed by atoms with Crippen molar-refractivity contribution >= 4 is 23.4 Å². The zero-order chi connectivity index (χ0) is 18.5. The summed E-state index contributed by atoms with van der Waals surface area (Å²) < 4.78 is 5.06. The van der Waals surface area contributed by atoms with E-state index in [1.165, 1.54) is 24.1 Å². The second-order valence-corrected chi connectivity index (χ2v) is 7.17. The topological polar surface area (TPSA) is 61.9 Å². The van der Waals surface area contributed by atoms with Gasteiger partial charge in [0.2, 0.25) is 5.91 Å². The van der Waals surface area contributed by atoms with Crippen LogP contribution >= 0.6 is 0 Å². The molecule has 6 heteroatoms. The maximum Gasteiger partial charge on any atom is 0.409 e. The Morgan fingerprint density at radius 2 is 1.96 bits per heavy atom. The van der Waals surface area contributed by atoms with E-state index >= 15 is 0 Å². The minimum absolute atomic E-state index is 0.0210. The molecular formula is C20H29N3O3. The Hall–Kier alpha value is -2.24. The Labute approximate surface area is 155 Å². The predicted octanol–water partition coefficient (Wildman–Crippen LogP) is 3.40. The van der Waals surface area contributed by atoms with E-state index in [-0.39, 0.29) is 17.9 Å². The molecule has 2 amide bonds. The van der Waals surface area contributed by atoms with Gasteiger partial charge in [-0.25, -0.2) is 4.79 Å². The van der Waals surface area contributed by atoms with Crippen LogP contribution in [0.25, 0.3) is 0 Å². The van der Waals surface area contributed by atoms with E-state index in [1.807, 2.05) is 12.1 Å². The highest BCUT2D eigenvalue weighted by Crippen LogP contribution is 2.27. The lowest BCUT2D eigenvalue weighted by Gasteiger charge is -2.31. The predicted molar refractivity (Wildman–Crippen MR) is 103 cm³/mol. The first-order chi connectivity index (χ1) is 12.6. The lowest BCUT2D eigenvalue weighted by Crippen LogP contribution is -2.44. The van der Waals surface area contributed by atoms with Crippen molar-refractivity contribution in [2.24, 2.45) is 5.92 Å². The Morgan fingerprint density at radius 1 is 1.19 bits per heavy atom. The van der Waals surface area contributed by atoms with E-state index in [2.05, 4.69) is 23.2 Å². The van der Waals surface area contributed by atoms with Crippen molar-refractivity contribution < 1.29 is 14.3 Å². The molecule has 142 valence electrons. The lowest BCUT2D eigenvalue weighted by atomic mass is 9.97. The molecule has 2 fully saturated rings. The quantitative estimate of drug-likeness (QED) is 0.895. The van der Waals surface area contributed by atoms with Crippen LogP contribution in [0.1, 0.15) is 38.2 Å². The molecule has 0 spiro atoms. The van der Waals surface area contributed by atoms with Crippen molar-refractivity contribution in [1.29, 1.82) is 0 Å². The number of likely N-dealkylation sites (tertiary alicyclic amines) is 1. The molecule has 0 saturated carbocycles. The van der Waals surface area contributed by atoms with Crippen molar-refractivity contribution in [2.45, 2.75) is 39.5 Å². The van der Waals surface area contributed by atoms with Gasteiger partial charge in [0.05, 0.1) is 12.5 Å². The Bertz CT molecular complexity index is 656. The minimum Gasteiger partial charge on any atom is -0.450 e. The van der Waals surface area contributed by atoms with E-state index in [1.54, 1.807) is 11.8 Å². The molecule has 0 aliphatic carbocycles. The van der Waals surface area contributed by atoms with Gasteiger partial charge in [0.25, 0.3) is 0 Å². The highest BCUT2D eigenvalue weighted by Gasteiger charge is 2.29. The van der Waals surface area contributed by atoms with Gasteiger partial charge in [-0.2, -0.15) is 0 Å². The summed E-state index contributed by atoms with van der Waals surface area (Å²) >= 11 is 0. The van der Waals surface area contributed by atoms with Gasteiger partial charge in [0.1, 0.15) is 0 Å². The minimum atomic E-state index is -0.323. The van der Waals surface area contributed by atoms with Crippen LogP contribution in [0.2, 0.25) is 0 Å². The molecule has 1 aromatic carbocycles. The Kier molecular flexibility index (Phi) is 6.01. The first kappa shape index (κ1) is 18.5. The van der Waals surface area contributed by atoms with Crippen molar-refractivity contribution in [3.63, 3.8) is 0 Å². The zero-order valence-electron chi connectivity index (χ0n) is 15.8. The first-order valence-electron chi connectivity index (χ1n) is 9.66. The lowest BCUT2D eigenvalue weighted by molar-refractivity contribution is -0.121. The van der Waals surface area contributed by atoms with Gasteiger partial charge in [-0.1, -0.05) is 0 Å². The summed E-state index contributed by atoms with van der Waals surface area (Å²) in [6, 6.07) is 6.12. The monoisotopic (exact) mass is 359 g/mol. The number of anilines is 2. The van der Waals surface area contributed by atoms with Gasteiger partial charge < -0.3 is 19.9 Å². The van der Waals surface area contributed by atoms with Gasteiger partial charge >= 0.3 is 6.09 Å². The fourth-order valence-corrected chi connectivity index (χ4v) is 3.86. The largest absolute Gasteiger partial charge is 0.450 e. The van der Waals surface area contributed by atoms with Crippen LogP contribution in [0.4, 0.5) is 16.2 Å². The number of hydrogen-bond acceptors (Lipinski definition) is 4. The maximum atomic E-state index is 12.6. The van der Waals surface area contributed by atoms with Crippen molar-refractivity contribution in [3.05, 3.63) is 23.8 Å². The molecule has 1 N–H and O–H groups in total. The molecule has 2 aliphatic heterocycles. The summed E-state index contributed by atoms with van der Waals surface area (Å²) in [7, 11) is 0. The average Bonchev–Trinajstić information content (AvgIpc) is 3.16. The molecule has 1 unspecified atom stereocenters. The molecule has 0 bridgehead atoms. The summed E-state index contributed by atoms with van der Waals surface area (Å²) in [4.78, 5) is 28.6. The first-order valence-corrected chi connectivity index (χ1v) is 9.66. The number of hydrogen-bond donors (Lipinski definition) is 1. The number of nitrogens with one attached hydrogen (secondary N) is 1. The van der Waals surface area contributed by atoms with Crippen LogP contribution in [0.15, 0.2) is 18.2 Å².